The largest absolute Gasteiger partial charge is 0.497 e. The van der Waals surface area contributed by atoms with Crippen molar-refractivity contribution in [3.8, 4) is 5.75 Å². The van der Waals surface area contributed by atoms with Gasteiger partial charge in [-0.15, -0.1) is 11.8 Å². The van der Waals surface area contributed by atoms with E-state index in [1.165, 1.54) is 11.8 Å². The van der Waals surface area contributed by atoms with Crippen molar-refractivity contribution in [2.75, 3.05) is 19.4 Å². The van der Waals surface area contributed by atoms with E-state index in [1.807, 2.05) is 37.3 Å². The normalized spacial score (nSPS) is 11.6. The molecule has 0 radical (unpaired) electrons. The smallest absolute Gasteiger partial charge is 0.242 e. The van der Waals surface area contributed by atoms with Crippen LogP contribution in [0.1, 0.15) is 31.4 Å². The fraction of sp³-hybridized carbons (Fsp3) is 0.391. The average molecular weight is 483 g/mol. The molecule has 31 heavy (non-hydrogen) atoms. The Kier molecular flexibility index (Phi) is 10.5. The van der Waals surface area contributed by atoms with Gasteiger partial charge in [-0.1, -0.05) is 48.3 Å². The van der Waals surface area contributed by atoms with Crippen LogP contribution >= 0.6 is 35.0 Å². The number of hydrogen-bond donors (Lipinski definition) is 1. The van der Waals surface area contributed by atoms with E-state index < -0.39 is 6.04 Å². The maximum absolute atomic E-state index is 13.1. The van der Waals surface area contributed by atoms with Crippen molar-refractivity contribution in [1.29, 1.82) is 0 Å². The van der Waals surface area contributed by atoms with Crippen molar-refractivity contribution in [3.05, 3.63) is 63.6 Å². The van der Waals surface area contributed by atoms with E-state index in [0.717, 1.165) is 17.5 Å². The molecule has 0 bridgehead atoms. The number of thioether (sulfide) groups is 1. The number of nitrogens with zero attached hydrogens (tertiary/aromatic N) is 1. The lowest BCUT2D eigenvalue weighted by molar-refractivity contribution is -0.138. The highest BCUT2D eigenvalue weighted by molar-refractivity contribution is 7.99. The van der Waals surface area contributed by atoms with Crippen LogP contribution in [0.15, 0.2) is 42.5 Å². The third-order valence-electron chi connectivity index (χ3n) is 4.68. The van der Waals surface area contributed by atoms with Crippen molar-refractivity contribution in [2.24, 2.45) is 0 Å². The summed E-state index contributed by atoms with van der Waals surface area (Å²) in [6.45, 7) is 4.65. The van der Waals surface area contributed by atoms with Crippen molar-refractivity contribution in [1.82, 2.24) is 10.2 Å². The van der Waals surface area contributed by atoms with Crippen LogP contribution in [0.25, 0.3) is 0 Å². The van der Waals surface area contributed by atoms with Gasteiger partial charge in [0.2, 0.25) is 11.8 Å². The van der Waals surface area contributed by atoms with Gasteiger partial charge in [0, 0.05) is 18.8 Å². The number of carbonyl (C=O) groups excluding carboxylic acids is 2. The zero-order valence-electron chi connectivity index (χ0n) is 18.0. The number of carbonyl (C=O) groups is 2. The average Bonchev–Trinajstić information content (AvgIpc) is 2.77. The topological polar surface area (TPSA) is 58.6 Å². The van der Waals surface area contributed by atoms with Crippen molar-refractivity contribution in [3.63, 3.8) is 0 Å². The second-order valence-corrected chi connectivity index (χ2v) is 8.88. The number of nitrogens with one attached hydrogen (secondary N) is 1. The highest BCUT2D eigenvalue weighted by Gasteiger charge is 2.26. The second-order valence-electron chi connectivity index (χ2n) is 7.08. The van der Waals surface area contributed by atoms with Crippen LogP contribution < -0.4 is 10.1 Å². The molecule has 5 nitrogen and oxygen atoms in total. The van der Waals surface area contributed by atoms with E-state index in [-0.39, 0.29) is 17.6 Å². The summed E-state index contributed by atoms with van der Waals surface area (Å²) in [6, 6.07) is 12.4. The lowest BCUT2D eigenvalue weighted by Gasteiger charge is -2.29. The Hall–Kier alpha value is -1.89. The van der Waals surface area contributed by atoms with Crippen LogP contribution in [0.2, 0.25) is 10.0 Å². The van der Waals surface area contributed by atoms with E-state index in [9.17, 15) is 9.59 Å². The molecular weight excluding hydrogens is 455 g/mol. The molecule has 0 aromatic heterocycles. The minimum atomic E-state index is -0.587. The predicted octanol–water partition coefficient (Wildman–Crippen LogP) is 5.18. The molecule has 0 saturated heterocycles. The summed E-state index contributed by atoms with van der Waals surface area (Å²) in [7, 11) is 1.60. The first-order valence-electron chi connectivity index (χ1n) is 10.1. The fourth-order valence-electron chi connectivity index (χ4n) is 2.91. The number of hydrogen-bond acceptors (Lipinski definition) is 4. The highest BCUT2D eigenvalue weighted by atomic mass is 35.5. The van der Waals surface area contributed by atoms with Crippen molar-refractivity contribution >= 4 is 46.8 Å². The molecule has 2 aromatic rings. The molecular formula is C23H28Cl2N2O3S. The summed E-state index contributed by atoms with van der Waals surface area (Å²) in [6.07, 6.45) is 0.835. The molecule has 0 aliphatic rings. The van der Waals surface area contributed by atoms with Gasteiger partial charge in [-0.2, -0.15) is 0 Å². The van der Waals surface area contributed by atoms with E-state index in [4.69, 9.17) is 27.9 Å². The third-order valence-corrected chi connectivity index (χ3v) is 6.41. The van der Waals surface area contributed by atoms with Crippen LogP contribution in [-0.2, 0) is 21.9 Å². The van der Waals surface area contributed by atoms with Crippen LogP contribution in [0.5, 0.6) is 5.75 Å². The van der Waals surface area contributed by atoms with Gasteiger partial charge in [-0.25, -0.2) is 0 Å². The lowest BCUT2D eigenvalue weighted by atomic mass is 10.1. The number of benzene rings is 2. The molecule has 8 heteroatoms. The van der Waals surface area contributed by atoms with Gasteiger partial charge in [0.15, 0.2) is 0 Å². The Bertz CT molecular complexity index is 895. The molecule has 1 N–H and O–H groups in total. The highest BCUT2D eigenvalue weighted by Crippen LogP contribution is 2.25. The van der Waals surface area contributed by atoms with Gasteiger partial charge in [-0.3, -0.25) is 9.59 Å². The molecule has 0 heterocycles. The minimum absolute atomic E-state index is 0.105. The molecule has 1 atom stereocenters. The number of ether oxygens (including phenoxy) is 1. The molecule has 2 amide bonds. The second kappa shape index (κ2) is 12.8. The first kappa shape index (κ1) is 25.4. The third kappa shape index (κ3) is 7.95. The molecule has 0 saturated carbocycles. The van der Waals surface area contributed by atoms with Crippen LogP contribution in [0, 0.1) is 0 Å². The first-order valence-corrected chi connectivity index (χ1v) is 12.0. The van der Waals surface area contributed by atoms with Gasteiger partial charge >= 0.3 is 0 Å². The van der Waals surface area contributed by atoms with Crippen LogP contribution in [-0.4, -0.2) is 42.2 Å². The Balaban J connectivity index is 2.08. The molecule has 168 valence electrons. The Morgan fingerprint density at radius 3 is 2.58 bits per heavy atom. The van der Waals surface area contributed by atoms with Gasteiger partial charge in [0.25, 0.3) is 0 Å². The molecule has 2 aromatic carbocycles. The van der Waals surface area contributed by atoms with E-state index in [2.05, 4.69) is 5.32 Å². The minimum Gasteiger partial charge on any atom is -0.497 e. The van der Waals surface area contributed by atoms with Gasteiger partial charge in [-0.05, 0) is 48.7 Å². The van der Waals surface area contributed by atoms with Crippen LogP contribution in [0.4, 0.5) is 0 Å². The SMILES string of the molecule is CCCNC(=O)[C@@H](C)N(Cc1cccc(OC)c1)C(=O)CSCc1ccc(Cl)c(Cl)c1. The lowest BCUT2D eigenvalue weighted by Crippen LogP contribution is -2.48. The monoisotopic (exact) mass is 482 g/mol. The number of amides is 2. The zero-order valence-corrected chi connectivity index (χ0v) is 20.3. The van der Waals surface area contributed by atoms with Crippen molar-refractivity contribution in [2.45, 2.75) is 38.6 Å². The van der Waals surface area contributed by atoms with Gasteiger partial charge < -0.3 is 15.0 Å². The summed E-state index contributed by atoms with van der Waals surface area (Å²) in [5, 5.41) is 3.87. The number of rotatable bonds is 11. The zero-order chi connectivity index (χ0) is 22.8. The number of methoxy groups -OCH3 is 1. The van der Waals surface area contributed by atoms with E-state index >= 15 is 0 Å². The van der Waals surface area contributed by atoms with E-state index in [1.54, 1.807) is 31.1 Å². The quantitative estimate of drug-likeness (QED) is 0.479. The summed E-state index contributed by atoms with van der Waals surface area (Å²) < 4.78 is 5.28. The molecule has 0 unspecified atom stereocenters. The Labute approximate surface area is 198 Å². The van der Waals surface area contributed by atoms with Gasteiger partial charge in [0.1, 0.15) is 11.8 Å². The first-order chi connectivity index (χ1) is 14.8. The summed E-state index contributed by atoms with van der Waals surface area (Å²) in [5.41, 5.74) is 1.89. The fourth-order valence-corrected chi connectivity index (χ4v) is 4.09. The molecule has 2 rings (SSSR count). The van der Waals surface area contributed by atoms with Crippen molar-refractivity contribution < 1.29 is 14.3 Å². The Morgan fingerprint density at radius 2 is 1.90 bits per heavy atom. The molecule has 0 aliphatic carbocycles. The summed E-state index contributed by atoms with van der Waals surface area (Å²) in [5.74, 6) is 1.31. The van der Waals surface area contributed by atoms with E-state index in [0.29, 0.717) is 34.6 Å². The number of halogens is 2. The maximum atomic E-state index is 13.1. The van der Waals surface area contributed by atoms with Gasteiger partial charge in [0.05, 0.1) is 22.9 Å². The van der Waals surface area contributed by atoms with Crippen LogP contribution in [0.3, 0.4) is 0 Å². The molecule has 0 spiro atoms. The molecule has 0 fully saturated rings. The standard InChI is InChI=1S/C23H28Cl2N2O3S/c1-4-10-26-23(29)16(2)27(13-17-6-5-7-19(11-17)30-3)22(28)15-31-14-18-8-9-20(24)21(25)12-18/h5-9,11-12,16H,4,10,13-15H2,1-3H3,(H,26,29)/t16-/m1/s1. The summed E-state index contributed by atoms with van der Waals surface area (Å²) >= 11 is 13.5. The maximum Gasteiger partial charge on any atom is 0.242 e. The Morgan fingerprint density at radius 1 is 1.13 bits per heavy atom. The molecule has 0 aliphatic heterocycles. The predicted molar refractivity (Wildman–Crippen MR) is 129 cm³/mol. The summed E-state index contributed by atoms with van der Waals surface area (Å²) in [4.78, 5) is 27.3.